The fraction of sp³-hybridized carbons (Fsp3) is 0.167. The lowest BCUT2D eigenvalue weighted by atomic mass is 10.3. The van der Waals surface area contributed by atoms with Crippen LogP contribution in [0.25, 0.3) is 0 Å². The molecule has 21 heavy (non-hydrogen) atoms. The number of hydrogen-bond donors (Lipinski definition) is 1. The number of methoxy groups -OCH3 is 2. The second kappa shape index (κ2) is 6.15. The van der Waals surface area contributed by atoms with Crippen LogP contribution in [0.5, 0.6) is 11.5 Å². The van der Waals surface area contributed by atoms with Crippen LogP contribution >= 0.6 is 11.6 Å². The van der Waals surface area contributed by atoms with E-state index in [0.29, 0.717) is 5.75 Å². The van der Waals surface area contributed by atoms with Crippen LogP contribution in [0.3, 0.4) is 0 Å². The summed E-state index contributed by atoms with van der Waals surface area (Å²) in [4.78, 5) is 7.49. The normalized spacial score (nSPS) is 11.0. The van der Waals surface area contributed by atoms with E-state index >= 15 is 0 Å². The fourth-order valence-corrected chi connectivity index (χ4v) is 2.98. The van der Waals surface area contributed by atoms with Crippen LogP contribution in [-0.2, 0) is 10.0 Å². The van der Waals surface area contributed by atoms with Crippen molar-refractivity contribution >= 4 is 27.4 Å². The Kier molecular flexibility index (Phi) is 4.49. The first-order valence-corrected chi connectivity index (χ1v) is 7.55. The van der Waals surface area contributed by atoms with Gasteiger partial charge in [-0.15, -0.1) is 0 Å². The minimum absolute atomic E-state index is 0.0528. The molecule has 9 heteroatoms. The van der Waals surface area contributed by atoms with Gasteiger partial charge in [-0.3, -0.25) is 4.72 Å². The average molecular weight is 330 g/mol. The molecule has 0 aliphatic carbocycles. The van der Waals surface area contributed by atoms with Crippen molar-refractivity contribution in [2.75, 3.05) is 18.9 Å². The summed E-state index contributed by atoms with van der Waals surface area (Å²) in [6, 6.07) is 4.42. The van der Waals surface area contributed by atoms with Crippen molar-refractivity contribution in [1.29, 1.82) is 0 Å². The van der Waals surface area contributed by atoms with Gasteiger partial charge in [0.05, 0.1) is 14.2 Å². The first kappa shape index (κ1) is 15.3. The van der Waals surface area contributed by atoms with Gasteiger partial charge >= 0.3 is 0 Å². The highest BCUT2D eigenvalue weighted by Gasteiger charge is 2.22. The van der Waals surface area contributed by atoms with Gasteiger partial charge in [-0.2, -0.15) is 0 Å². The molecule has 0 saturated heterocycles. The van der Waals surface area contributed by atoms with Gasteiger partial charge in [0.2, 0.25) is 0 Å². The van der Waals surface area contributed by atoms with Crippen LogP contribution in [0.4, 0.5) is 5.82 Å². The van der Waals surface area contributed by atoms with E-state index in [-0.39, 0.29) is 21.6 Å². The molecule has 0 amide bonds. The van der Waals surface area contributed by atoms with Gasteiger partial charge in [-0.25, -0.2) is 18.4 Å². The molecule has 112 valence electrons. The van der Waals surface area contributed by atoms with E-state index in [2.05, 4.69) is 14.7 Å². The summed E-state index contributed by atoms with van der Waals surface area (Å²) in [5.74, 6) is 0.480. The SMILES string of the molecule is COc1ccc(OC)c(S(=O)(=O)Nc2nccnc2Cl)c1. The van der Waals surface area contributed by atoms with Crippen molar-refractivity contribution < 1.29 is 17.9 Å². The quantitative estimate of drug-likeness (QED) is 0.901. The standard InChI is InChI=1S/C12H12ClN3O4S/c1-19-8-3-4-9(20-2)10(7-8)21(17,18)16-12-11(13)14-5-6-15-12/h3-7H,1-2H3,(H,15,16). The molecule has 0 spiro atoms. The van der Waals surface area contributed by atoms with Gasteiger partial charge in [-0.05, 0) is 12.1 Å². The number of halogens is 1. The van der Waals surface area contributed by atoms with Crippen molar-refractivity contribution in [2.45, 2.75) is 4.90 Å². The predicted octanol–water partition coefficient (Wildman–Crippen LogP) is 1.95. The lowest BCUT2D eigenvalue weighted by molar-refractivity contribution is 0.392. The Bertz CT molecular complexity index is 752. The fourth-order valence-electron chi connectivity index (χ4n) is 1.57. The van der Waals surface area contributed by atoms with Crippen LogP contribution in [0.15, 0.2) is 35.5 Å². The summed E-state index contributed by atoms with van der Waals surface area (Å²) in [6.07, 6.45) is 2.68. The number of rotatable bonds is 5. The summed E-state index contributed by atoms with van der Waals surface area (Å²) in [6.45, 7) is 0. The van der Waals surface area contributed by atoms with Crippen molar-refractivity contribution in [3.8, 4) is 11.5 Å². The second-order valence-corrected chi connectivity index (χ2v) is 5.83. The Morgan fingerprint density at radius 3 is 2.48 bits per heavy atom. The first-order chi connectivity index (χ1) is 9.97. The van der Waals surface area contributed by atoms with E-state index in [1.165, 1.54) is 38.7 Å². The third kappa shape index (κ3) is 3.34. The minimum Gasteiger partial charge on any atom is -0.497 e. The third-order valence-corrected chi connectivity index (χ3v) is 4.18. The largest absolute Gasteiger partial charge is 0.497 e. The zero-order valence-corrected chi connectivity index (χ0v) is 12.8. The van der Waals surface area contributed by atoms with E-state index < -0.39 is 10.0 Å². The number of aromatic nitrogens is 2. The Labute approximate surface area is 126 Å². The molecule has 0 aliphatic rings. The van der Waals surface area contributed by atoms with Crippen LogP contribution in [-0.4, -0.2) is 32.6 Å². The van der Waals surface area contributed by atoms with Crippen molar-refractivity contribution in [3.63, 3.8) is 0 Å². The van der Waals surface area contributed by atoms with E-state index in [1.54, 1.807) is 6.07 Å². The molecule has 0 aliphatic heterocycles. The Morgan fingerprint density at radius 1 is 1.14 bits per heavy atom. The summed E-state index contributed by atoms with van der Waals surface area (Å²) in [7, 11) is -1.15. The molecular weight excluding hydrogens is 318 g/mol. The summed E-state index contributed by atoms with van der Waals surface area (Å²) >= 11 is 5.79. The van der Waals surface area contributed by atoms with Gasteiger partial charge in [-0.1, -0.05) is 11.6 Å². The van der Waals surface area contributed by atoms with Gasteiger partial charge in [0, 0.05) is 18.5 Å². The van der Waals surface area contributed by atoms with Crippen LogP contribution < -0.4 is 14.2 Å². The molecule has 2 rings (SSSR count). The lowest BCUT2D eigenvalue weighted by Crippen LogP contribution is -2.15. The molecule has 1 aromatic heterocycles. The number of nitrogens with one attached hydrogen (secondary N) is 1. The smallest absolute Gasteiger partial charge is 0.266 e. The van der Waals surface area contributed by atoms with Gasteiger partial charge < -0.3 is 9.47 Å². The van der Waals surface area contributed by atoms with Crippen LogP contribution in [0, 0.1) is 0 Å². The third-order valence-electron chi connectivity index (χ3n) is 2.54. The van der Waals surface area contributed by atoms with Crippen molar-refractivity contribution in [1.82, 2.24) is 9.97 Å². The minimum atomic E-state index is -3.95. The molecule has 0 saturated carbocycles. The molecule has 1 heterocycles. The zero-order chi connectivity index (χ0) is 15.5. The maximum Gasteiger partial charge on any atom is 0.266 e. The van der Waals surface area contributed by atoms with E-state index in [1.807, 2.05) is 0 Å². The maximum atomic E-state index is 12.4. The van der Waals surface area contributed by atoms with Crippen molar-refractivity contribution in [2.24, 2.45) is 0 Å². The highest BCUT2D eigenvalue weighted by atomic mass is 35.5. The van der Waals surface area contributed by atoms with Gasteiger partial charge in [0.25, 0.3) is 10.0 Å². The Balaban J connectivity index is 2.46. The highest BCUT2D eigenvalue weighted by molar-refractivity contribution is 7.92. The molecule has 7 nitrogen and oxygen atoms in total. The molecule has 0 radical (unpaired) electrons. The topological polar surface area (TPSA) is 90.4 Å². The Hall–Kier alpha value is -2.06. The molecule has 1 N–H and O–H groups in total. The number of benzene rings is 1. The van der Waals surface area contributed by atoms with Crippen LogP contribution in [0.1, 0.15) is 0 Å². The maximum absolute atomic E-state index is 12.4. The van der Waals surface area contributed by atoms with Gasteiger partial charge in [0.1, 0.15) is 16.4 Å². The second-order valence-electron chi connectivity index (χ2n) is 3.82. The summed E-state index contributed by atoms with van der Waals surface area (Å²) in [5.41, 5.74) is 0. The molecule has 1 aromatic carbocycles. The highest BCUT2D eigenvalue weighted by Crippen LogP contribution is 2.30. The van der Waals surface area contributed by atoms with E-state index in [4.69, 9.17) is 21.1 Å². The van der Waals surface area contributed by atoms with Gasteiger partial charge in [0.15, 0.2) is 11.0 Å². The molecule has 2 aromatic rings. The summed E-state index contributed by atoms with van der Waals surface area (Å²) < 4.78 is 37.2. The number of nitrogens with zero attached hydrogens (tertiary/aromatic N) is 2. The monoisotopic (exact) mass is 329 g/mol. The molecular formula is C12H12ClN3O4S. The number of anilines is 1. The number of hydrogen-bond acceptors (Lipinski definition) is 6. The predicted molar refractivity (Wildman–Crippen MR) is 77.4 cm³/mol. The van der Waals surface area contributed by atoms with E-state index in [0.717, 1.165) is 0 Å². The molecule has 0 atom stereocenters. The number of ether oxygens (including phenoxy) is 2. The molecule has 0 fully saturated rings. The lowest BCUT2D eigenvalue weighted by Gasteiger charge is -2.12. The molecule has 0 bridgehead atoms. The number of sulfonamides is 1. The molecule has 0 unspecified atom stereocenters. The van der Waals surface area contributed by atoms with Crippen LogP contribution in [0.2, 0.25) is 5.15 Å². The Morgan fingerprint density at radius 2 is 1.86 bits per heavy atom. The van der Waals surface area contributed by atoms with Crippen molar-refractivity contribution in [3.05, 3.63) is 35.7 Å². The average Bonchev–Trinajstić information content (AvgIpc) is 2.48. The first-order valence-electron chi connectivity index (χ1n) is 5.69. The van der Waals surface area contributed by atoms with E-state index in [9.17, 15) is 8.42 Å². The summed E-state index contributed by atoms with van der Waals surface area (Å²) in [5, 5.41) is -0.0528. The zero-order valence-electron chi connectivity index (χ0n) is 11.2.